The Morgan fingerprint density at radius 3 is 3.05 bits per heavy atom. The molecule has 0 aliphatic heterocycles. The van der Waals surface area contributed by atoms with E-state index in [0.29, 0.717) is 29.7 Å². The van der Waals surface area contributed by atoms with Crippen molar-refractivity contribution in [1.82, 2.24) is 14.8 Å². The fourth-order valence-electron chi connectivity index (χ4n) is 1.97. The zero-order valence-corrected chi connectivity index (χ0v) is 12.5. The van der Waals surface area contributed by atoms with Crippen molar-refractivity contribution in [2.45, 2.75) is 25.8 Å². The molecule has 1 aliphatic rings. The summed E-state index contributed by atoms with van der Waals surface area (Å²) < 4.78 is 1.51. The predicted molar refractivity (Wildman–Crippen MR) is 80.5 cm³/mol. The number of anilines is 1. The normalized spacial score (nSPS) is 14.4. The molecule has 0 atom stereocenters. The molecule has 7 heteroatoms. The van der Waals surface area contributed by atoms with Crippen molar-refractivity contribution in [3.05, 3.63) is 38.2 Å². The molecule has 0 saturated heterocycles. The van der Waals surface area contributed by atoms with Crippen LogP contribution in [0.1, 0.15) is 17.8 Å². The molecule has 106 valence electrons. The minimum atomic E-state index is -0.136. The van der Waals surface area contributed by atoms with Crippen LogP contribution in [0.25, 0.3) is 0 Å². The molecular weight excluding hydrogens is 296 g/mol. The van der Waals surface area contributed by atoms with Crippen LogP contribution < -0.4 is 10.9 Å². The molecule has 2 heterocycles. The molecule has 1 N–H and O–H groups in total. The van der Waals surface area contributed by atoms with Gasteiger partial charge in [-0.1, -0.05) is 11.6 Å². The lowest BCUT2D eigenvalue weighted by Gasteiger charge is -2.09. The summed E-state index contributed by atoms with van der Waals surface area (Å²) in [6, 6.07) is 0. The molecule has 20 heavy (non-hydrogen) atoms. The molecule has 5 nitrogen and oxygen atoms in total. The van der Waals surface area contributed by atoms with Crippen LogP contribution >= 0.6 is 22.9 Å². The molecule has 1 aliphatic carbocycles. The van der Waals surface area contributed by atoms with Gasteiger partial charge in [0.25, 0.3) is 5.56 Å². The molecule has 2 aromatic heterocycles. The number of rotatable bonds is 6. The van der Waals surface area contributed by atoms with Gasteiger partial charge in [0.2, 0.25) is 0 Å². The van der Waals surface area contributed by atoms with Gasteiger partial charge in [-0.25, -0.2) is 9.67 Å². The number of hydrogen-bond donors (Lipinski definition) is 1. The first-order chi connectivity index (χ1) is 9.74. The standard InChI is InChI=1S/C13H15ClN4OS/c14-10-7-17-18(8-9-1-2-9)13(19)12(10)16-4-3-11-15-5-6-20-11/h5-7,9,16H,1-4,8H2. The van der Waals surface area contributed by atoms with Crippen LogP contribution in [0.5, 0.6) is 0 Å². The summed E-state index contributed by atoms with van der Waals surface area (Å²) in [5.41, 5.74) is 0.308. The van der Waals surface area contributed by atoms with Crippen LogP contribution in [-0.2, 0) is 13.0 Å². The van der Waals surface area contributed by atoms with Gasteiger partial charge in [-0.15, -0.1) is 11.3 Å². The summed E-state index contributed by atoms with van der Waals surface area (Å²) in [4.78, 5) is 16.5. The largest absolute Gasteiger partial charge is 0.379 e. The Bertz CT molecular complexity index is 636. The van der Waals surface area contributed by atoms with Gasteiger partial charge in [0.15, 0.2) is 0 Å². The molecule has 0 radical (unpaired) electrons. The number of halogens is 1. The summed E-state index contributed by atoms with van der Waals surface area (Å²) in [6.45, 7) is 1.33. The van der Waals surface area contributed by atoms with Crippen LogP contribution in [0.4, 0.5) is 5.69 Å². The molecule has 0 aromatic carbocycles. The van der Waals surface area contributed by atoms with E-state index in [1.165, 1.54) is 23.7 Å². The van der Waals surface area contributed by atoms with Gasteiger partial charge >= 0.3 is 0 Å². The first-order valence-electron chi connectivity index (χ1n) is 6.62. The van der Waals surface area contributed by atoms with Crippen LogP contribution in [0.2, 0.25) is 5.02 Å². The third kappa shape index (κ3) is 3.19. The maximum Gasteiger partial charge on any atom is 0.291 e. The van der Waals surface area contributed by atoms with E-state index in [1.807, 2.05) is 5.38 Å². The maximum atomic E-state index is 12.3. The average molecular weight is 311 g/mol. The summed E-state index contributed by atoms with van der Waals surface area (Å²) >= 11 is 7.67. The Balaban J connectivity index is 1.69. The number of nitrogens with one attached hydrogen (secondary N) is 1. The smallest absolute Gasteiger partial charge is 0.291 e. The predicted octanol–water partition coefficient (Wildman–Crippen LogP) is 2.42. The lowest BCUT2D eigenvalue weighted by atomic mass is 10.3. The van der Waals surface area contributed by atoms with Gasteiger partial charge in [-0.05, 0) is 18.8 Å². The zero-order valence-electron chi connectivity index (χ0n) is 10.9. The van der Waals surface area contributed by atoms with Gasteiger partial charge < -0.3 is 5.32 Å². The first kappa shape index (κ1) is 13.6. The number of nitrogens with zero attached hydrogens (tertiary/aromatic N) is 3. The first-order valence-corrected chi connectivity index (χ1v) is 7.87. The Kier molecular flexibility index (Phi) is 4.03. The second-order valence-corrected chi connectivity index (χ2v) is 6.29. The Hall–Kier alpha value is -1.40. The highest BCUT2D eigenvalue weighted by Crippen LogP contribution is 2.30. The fourth-order valence-corrected chi connectivity index (χ4v) is 2.79. The quantitative estimate of drug-likeness (QED) is 0.890. The third-order valence-corrected chi connectivity index (χ3v) is 4.38. The lowest BCUT2D eigenvalue weighted by Crippen LogP contribution is -2.27. The second-order valence-electron chi connectivity index (χ2n) is 4.90. The number of thiazole rings is 1. The minimum Gasteiger partial charge on any atom is -0.379 e. The van der Waals surface area contributed by atoms with Crippen LogP contribution in [0, 0.1) is 5.92 Å². The summed E-state index contributed by atoms with van der Waals surface area (Å²) in [7, 11) is 0. The zero-order chi connectivity index (χ0) is 13.9. The van der Waals surface area contributed by atoms with Gasteiger partial charge in [0.1, 0.15) is 5.69 Å². The van der Waals surface area contributed by atoms with Crippen LogP contribution in [-0.4, -0.2) is 21.3 Å². The third-order valence-electron chi connectivity index (χ3n) is 3.25. The van der Waals surface area contributed by atoms with Gasteiger partial charge in [0.05, 0.1) is 16.2 Å². The maximum absolute atomic E-state index is 12.3. The highest BCUT2D eigenvalue weighted by atomic mass is 35.5. The van der Waals surface area contributed by atoms with Crippen molar-refractivity contribution in [2.24, 2.45) is 5.92 Å². The van der Waals surface area contributed by atoms with Crippen LogP contribution in [0.3, 0.4) is 0 Å². The molecular formula is C13H15ClN4OS. The minimum absolute atomic E-state index is 0.136. The van der Waals surface area contributed by atoms with E-state index in [9.17, 15) is 4.79 Å². The molecule has 0 amide bonds. The van der Waals surface area contributed by atoms with Crippen molar-refractivity contribution in [2.75, 3.05) is 11.9 Å². The topological polar surface area (TPSA) is 59.8 Å². The van der Waals surface area contributed by atoms with Crippen molar-refractivity contribution < 1.29 is 0 Å². The number of aromatic nitrogens is 3. The molecule has 3 rings (SSSR count). The molecule has 0 spiro atoms. The van der Waals surface area contributed by atoms with Gasteiger partial charge in [0, 0.05) is 31.1 Å². The fraction of sp³-hybridized carbons (Fsp3) is 0.462. The van der Waals surface area contributed by atoms with E-state index in [1.54, 1.807) is 17.5 Å². The summed E-state index contributed by atoms with van der Waals surface area (Å²) in [5.74, 6) is 0.601. The van der Waals surface area contributed by atoms with Crippen molar-refractivity contribution >= 4 is 28.6 Å². The number of hydrogen-bond acceptors (Lipinski definition) is 5. The summed E-state index contributed by atoms with van der Waals surface area (Å²) in [5, 5.41) is 10.6. The molecule has 2 aromatic rings. The Labute approximate surface area is 125 Å². The van der Waals surface area contributed by atoms with E-state index >= 15 is 0 Å². The van der Waals surface area contributed by atoms with Crippen molar-refractivity contribution in [3.63, 3.8) is 0 Å². The lowest BCUT2D eigenvalue weighted by molar-refractivity contribution is 0.534. The second kappa shape index (κ2) is 5.93. The molecule has 0 unspecified atom stereocenters. The highest BCUT2D eigenvalue weighted by Gasteiger charge is 2.23. The molecule has 0 bridgehead atoms. The Morgan fingerprint density at radius 1 is 1.50 bits per heavy atom. The van der Waals surface area contributed by atoms with Crippen molar-refractivity contribution in [1.29, 1.82) is 0 Å². The van der Waals surface area contributed by atoms with E-state index in [0.717, 1.165) is 11.4 Å². The van der Waals surface area contributed by atoms with E-state index in [4.69, 9.17) is 11.6 Å². The van der Waals surface area contributed by atoms with Gasteiger partial charge in [-0.3, -0.25) is 4.79 Å². The highest BCUT2D eigenvalue weighted by molar-refractivity contribution is 7.09. The SMILES string of the molecule is O=c1c(NCCc2nccs2)c(Cl)cnn1CC1CC1. The Morgan fingerprint density at radius 2 is 2.35 bits per heavy atom. The van der Waals surface area contributed by atoms with E-state index in [-0.39, 0.29) is 5.56 Å². The van der Waals surface area contributed by atoms with Crippen molar-refractivity contribution in [3.8, 4) is 0 Å². The van der Waals surface area contributed by atoms with Gasteiger partial charge in [-0.2, -0.15) is 5.10 Å². The summed E-state index contributed by atoms with van der Waals surface area (Å²) in [6.07, 6.45) is 6.46. The monoisotopic (exact) mass is 310 g/mol. The van der Waals surface area contributed by atoms with E-state index in [2.05, 4.69) is 15.4 Å². The molecule has 1 fully saturated rings. The molecule has 1 saturated carbocycles. The van der Waals surface area contributed by atoms with Crippen LogP contribution in [0.15, 0.2) is 22.6 Å². The average Bonchev–Trinajstić information content (AvgIpc) is 3.10. The van der Waals surface area contributed by atoms with E-state index < -0.39 is 0 Å².